The average molecular weight is 370 g/mol. The molecule has 0 fully saturated rings. The summed E-state index contributed by atoms with van der Waals surface area (Å²) in [5, 5.41) is 0. The number of methoxy groups -OCH3 is 1. The number of hydrogen-bond acceptors (Lipinski definition) is 7. The quantitative estimate of drug-likeness (QED) is 0.446. The molecule has 1 aliphatic heterocycles. The van der Waals surface area contributed by atoms with Crippen molar-refractivity contribution >= 4 is 22.4 Å². The van der Waals surface area contributed by atoms with E-state index >= 15 is 0 Å². The van der Waals surface area contributed by atoms with E-state index in [0.717, 1.165) is 6.26 Å². The van der Waals surface area contributed by atoms with Gasteiger partial charge in [-0.3, -0.25) is 0 Å². The minimum Gasteiger partial charge on any atom is -0.496 e. The van der Waals surface area contributed by atoms with Crippen LogP contribution in [-0.2, 0) is 26.3 Å². The Balaban J connectivity index is 2.97. The topological polar surface area (TPSA) is 96.0 Å². The van der Waals surface area contributed by atoms with Gasteiger partial charge in [0.05, 0.1) is 19.3 Å². The van der Waals surface area contributed by atoms with Gasteiger partial charge in [0.1, 0.15) is 24.2 Å². The van der Waals surface area contributed by atoms with Crippen molar-refractivity contribution in [3.8, 4) is 11.5 Å². The van der Waals surface area contributed by atoms with Crippen LogP contribution in [0.3, 0.4) is 0 Å². The lowest BCUT2D eigenvalue weighted by molar-refractivity contribution is -0.111. The molecule has 0 saturated carbocycles. The SMILES string of the molecule is COc1c(C)c2c(c(OS(C)(=O)=O)c1C(C=O)C(C)(C)C)C(=O)OC2. The van der Waals surface area contributed by atoms with Gasteiger partial charge in [0.2, 0.25) is 0 Å². The van der Waals surface area contributed by atoms with Gasteiger partial charge in [-0.25, -0.2) is 4.79 Å². The largest absolute Gasteiger partial charge is 0.496 e. The fraction of sp³-hybridized carbons (Fsp3) is 0.529. The van der Waals surface area contributed by atoms with Gasteiger partial charge < -0.3 is 18.5 Å². The first-order chi connectivity index (χ1) is 11.4. The van der Waals surface area contributed by atoms with E-state index in [4.69, 9.17) is 13.7 Å². The Morgan fingerprint density at radius 3 is 2.28 bits per heavy atom. The molecule has 0 aliphatic carbocycles. The molecule has 2 rings (SSSR count). The minimum atomic E-state index is -3.95. The molecular weight excluding hydrogens is 348 g/mol. The van der Waals surface area contributed by atoms with E-state index in [1.807, 2.05) is 20.8 Å². The van der Waals surface area contributed by atoms with Crippen LogP contribution >= 0.6 is 0 Å². The van der Waals surface area contributed by atoms with Crippen molar-refractivity contribution in [1.82, 2.24) is 0 Å². The lowest BCUT2D eigenvalue weighted by Gasteiger charge is -2.30. The number of aldehydes is 1. The maximum Gasteiger partial charge on any atom is 0.342 e. The number of benzene rings is 1. The first-order valence-electron chi connectivity index (χ1n) is 7.67. The molecule has 0 N–H and O–H groups in total. The van der Waals surface area contributed by atoms with Crippen molar-refractivity contribution in [3.05, 3.63) is 22.3 Å². The summed E-state index contributed by atoms with van der Waals surface area (Å²) in [5.74, 6) is -1.30. The van der Waals surface area contributed by atoms with Gasteiger partial charge in [-0.2, -0.15) is 8.42 Å². The molecule has 0 amide bonds. The van der Waals surface area contributed by atoms with Crippen molar-refractivity contribution in [2.75, 3.05) is 13.4 Å². The molecular formula is C17H22O7S. The van der Waals surface area contributed by atoms with Crippen LogP contribution in [-0.4, -0.2) is 34.0 Å². The third-order valence-corrected chi connectivity index (χ3v) is 4.65. The van der Waals surface area contributed by atoms with Gasteiger partial charge in [0.15, 0.2) is 5.75 Å². The second-order valence-electron chi connectivity index (χ2n) is 7.10. The predicted octanol–water partition coefficient (Wildman–Crippen LogP) is 2.34. The summed E-state index contributed by atoms with van der Waals surface area (Å²) < 4.78 is 39.3. The van der Waals surface area contributed by atoms with Crippen LogP contribution < -0.4 is 8.92 Å². The van der Waals surface area contributed by atoms with Crippen molar-refractivity contribution in [2.45, 2.75) is 40.2 Å². The first-order valence-corrected chi connectivity index (χ1v) is 9.49. The third-order valence-electron chi connectivity index (χ3n) is 4.18. The van der Waals surface area contributed by atoms with Crippen LogP contribution in [0, 0.1) is 12.3 Å². The molecule has 0 radical (unpaired) electrons. The summed E-state index contributed by atoms with van der Waals surface area (Å²) in [6.07, 6.45) is 1.59. The van der Waals surface area contributed by atoms with Crippen LogP contribution in [0.4, 0.5) is 0 Å². The van der Waals surface area contributed by atoms with E-state index in [2.05, 4.69) is 0 Å². The Morgan fingerprint density at radius 1 is 1.24 bits per heavy atom. The molecule has 8 heteroatoms. The molecule has 1 aliphatic rings. The van der Waals surface area contributed by atoms with Crippen LogP contribution in [0.25, 0.3) is 0 Å². The van der Waals surface area contributed by atoms with Crippen LogP contribution in [0.5, 0.6) is 11.5 Å². The normalized spacial score (nSPS) is 15.4. The number of fused-ring (bicyclic) bond motifs is 1. The zero-order chi connectivity index (χ0) is 19.2. The lowest BCUT2D eigenvalue weighted by atomic mass is 9.75. The summed E-state index contributed by atoms with van der Waals surface area (Å²) in [6.45, 7) is 7.22. The lowest BCUT2D eigenvalue weighted by Crippen LogP contribution is -2.23. The fourth-order valence-electron chi connectivity index (χ4n) is 3.00. The number of esters is 1. The number of rotatable bonds is 5. The third kappa shape index (κ3) is 3.49. The van der Waals surface area contributed by atoms with Gasteiger partial charge in [-0.05, 0) is 17.9 Å². The van der Waals surface area contributed by atoms with Crippen LogP contribution in [0.15, 0.2) is 0 Å². The summed E-state index contributed by atoms with van der Waals surface area (Å²) in [5.41, 5.74) is 0.840. The number of ether oxygens (including phenoxy) is 2. The highest BCUT2D eigenvalue weighted by atomic mass is 32.2. The van der Waals surface area contributed by atoms with E-state index in [1.165, 1.54) is 7.11 Å². The highest BCUT2D eigenvalue weighted by Gasteiger charge is 2.40. The van der Waals surface area contributed by atoms with E-state index < -0.39 is 27.4 Å². The molecule has 7 nitrogen and oxygen atoms in total. The molecule has 1 atom stereocenters. The molecule has 0 saturated heterocycles. The van der Waals surface area contributed by atoms with Gasteiger partial charge in [0, 0.05) is 11.1 Å². The number of hydrogen-bond donors (Lipinski definition) is 0. The Bertz CT molecular complexity index is 832. The number of carbonyl (C=O) groups is 2. The standard InChI is InChI=1S/C17H22O7S/c1-9-10-8-23-16(19)12(10)15(24-25(6,20)21)13(14(9)22-5)11(7-18)17(2,3)4/h7,11H,8H2,1-6H3. The number of cyclic esters (lactones) is 1. The van der Waals surface area contributed by atoms with Crippen molar-refractivity contribution in [2.24, 2.45) is 5.41 Å². The molecule has 0 aromatic heterocycles. The Labute approximate surface area is 147 Å². The first kappa shape index (κ1) is 19.2. The second kappa shape index (κ2) is 6.33. The molecule has 25 heavy (non-hydrogen) atoms. The molecule has 1 aromatic carbocycles. The highest BCUT2D eigenvalue weighted by molar-refractivity contribution is 7.86. The smallest absolute Gasteiger partial charge is 0.342 e. The molecule has 138 valence electrons. The molecule has 1 aromatic rings. The van der Waals surface area contributed by atoms with E-state index in [0.29, 0.717) is 23.2 Å². The Morgan fingerprint density at radius 2 is 1.84 bits per heavy atom. The van der Waals surface area contributed by atoms with Crippen molar-refractivity contribution in [1.29, 1.82) is 0 Å². The van der Waals surface area contributed by atoms with Gasteiger partial charge in [-0.1, -0.05) is 20.8 Å². The number of carbonyl (C=O) groups excluding carboxylic acids is 2. The van der Waals surface area contributed by atoms with E-state index in [9.17, 15) is 18.0 Å². The molecule has 1 unspecified atom stereocenters. The highest BCUT2D eigenvalue weighted by Crippen LogP contribution is 2.49. The van der Waals surface area contributed by atoms with Gasteiger partial charge in [-0.15, -0.1) is 0 Å². The summed E-state index contributed by atoms with van der Waals surface area (Å²) in [4.78, 5) is 24.1. The van der Waals surface area contributed by atoms with E-state index in [1.54, 1.807) is 6.92 Å². The van der Waals surface area contributed by atoms with E-state index in [-0.39, 0.29) is 23.5 Å². The maximum absolute atomic E-state index is 12.2. The molecule has 0 spiro atoms. The summed E-state index contributed by atoms with van der Waals surface area (Å²) in [7, 11) is -2.53. The Kier molecular flexibility index (Phi) is 4.87. The summed E-state index contributed by atoms with van der Waals surface area (Å²) >= 11 is 0. The minimum absolute atomic E-state index is 0.00195. The monoisotopic (exact) mass is 370 g/mol. The second-order valence-corrected chi connectivity index (χ2v) is 8.67. The Hall–Kier alpha value is -2.09. The molecule has 0 bridgehead atoms. The van der Waals surface area contributed by atoms with Crippen molar-refractivity contribution < 1.29 is 31.7 Å². The van der Waals surface area contributed by atoms with Crippen LogP contribution in [0.1, 0.15) is 53.7 Å². The van der Waals surface area contributed by atoms with Crippen LogP contribution in [0.2, 0.25) is 0 Å². The zero-order valence-electron chi connectivity index (χ0n) is 15.1. The average Bonchev–Trinajstić information content (AvgIpc) is 2.83. The predicted molar refractivity (Wildman–Crippen MR) is 90.6 cm³/mol. The fourth-order valence-corrected chi connectivity index (χ4v) is 3.47. The summed E-state index contributed by atoms with van der Waals surface area (Å²) in [6, 6.07) is 0. The van der Waals surface area contributed by atoms with Crippen molar-refractivity contribution in [3.63, 3.8) is 0 Å². The maximum atomic E-state index is 12.2. The zero-order valence-corrected chi connectivity index (χ0v) is 15.9. The van der Waals surface area contributed by atoms with Gasteiger partial charge >= 0.3 is 16.1 Å². The van der Waals surface area contributed by atoms with Gasteiger partial charge in [0.25, 0.3) is 0 Å². The molecule has 1 heterocycles.